The van der Waals surface area contributed by atoms with Crippen LogP contribution in [0.4, 0.5) is 0 Å². The lowest BCUT2D eigenvalue weighted by Crippen LogP contribution is -2.38. The molecule has 0 bridgehead atoms. The summed E-state index contributed by atoms with van der Waals surface area (Å²) >= 11 is 0. The Balaban J connectivity index is 1.95. The molecule has 0 fully saturated rings. The Morgan fingerprint density at radius 2 is 2.25 bits per heavy atom. The molecule has 0 aromatic carbocycles. The minimum absolute atomic E-state index is 0.598. The summed E-state index contributed by atoms with van der Waals surface area (Å²) in [6.45, 7) is 1.39. The van der Waals surface area contributed by atoms with Crippen molar-refractivity contribution in [2.75, 3.05) is 14.1 Å². The predicted octanol–water partition coefficient (Wildman–Crippen LogP) is 0.361. The normalized spacial score (nSPS) is 11.7. The Kier molecular flexibility index (Phi) is 4.39. The third-order valence-electron chi connectivity index (χ3n) is 3.23. The van der Waals surface area contributed by atoms with E-state index in [0.717, 1.165) is 18.3 Å². The average Bonchev–Trinajstić information content (AvgIpc) is 3.00. The molecular formula is C13H21N7. The molecule has 2 heterocycles. The van der Waals surface area contributed by atoms with E-state index in [0.29, 0.717) is 6.54 Å². The van der Waals surface area contributed by atoms with Crippen LogP contribution in [0.25, 0.3) is 0 Å². The maximum Gasteiger partial charge on any atom is 0.194 e. The first-order valence-corrected chi connectivity index (χ1v) is 6.46. The summed E-state index contributed by atoms with van der Waals surface area (Å²) in [5, 5.41) is 7.33. The minimum Gasteiger partial charge on any atom is -0.353 e. The lowest BCUT2D eigenvalue weighted by atomic mass is 10.4. The van der Waals surface area contributed by atoms with Crippen molar-refractivity contribution in [3.05, 3.63) is 36.2 Å². The van der Waals surface area contributed by atoms with Gasteiger partial charge in [-0.1, -0.05) is 0 Å². The molecule has 2 aromatic heterocycles. The second kappa shape index (κ2) is 6.23. The van der Waals surface area contributed by atoms with Crippen LogP contribution in [-0.4, -0.2) is 44.3 Å². The molecule has 0 unspecified atom stereocenters. The van der Waals surface area contributed by atoms with E-state index in [2.05, 4.69) is 35.9 Å². The topological polar surface area (TPSA) is 63.3 Å². The van der Waals surface area contributed by atoms with Crippen molar-refractivity contribution in [3.63, 3.8) is 0 Å². The number of hydrogen-bond donors (Lipinski definition) is 1. The monoisotopic (exact) mass is 275 g/mol. The zero-order valence-corrected chi connectivity index (χ0v) is 12.4. The number of aliphatic imine (C=N–C) groups is 1. The number of rotatable bonds is 4. The predicted molar refractivity (Wildman–Crippen MR) is 78.1 cm³/mol. The molecule has 7 nitrogen and oxygen atoms in total. The maximum atomic E-state index is 4.29. The molecule has 0 aliphatic carbocycles. The SMILES string of the molecule is CN=C(NCc1ncnn1C)N(C)Cc1cccn1C. The molecule has 2 aromatic rings. The van der Waals surface area contributed by atoms with Crippen molar-refractivity contribution in [2.45, 2.75) is 13.1 Å². The molecule has 0 aliphatic heterocycles. The summed E-state index contributed by atoms with van der Waals surface area (Å²) in [5.41, 5.74) is 1.23. The summed E-state index contributed by atoms with van der Waals surface area (Å²) in [6, 6.07) is 4.14. The van der Waals surface area contributed by atoms with Crippen molar-refractivity contribution in [1.82, 2.24) is 29.5 Å². The zero-order chi connectivity index (χ0) is 14.5. The summed E-state index contributed by atoms with van der Waals surface area (Å²) in [5.74, 6) is 1.70. The summed E-state index contributed by atoms with van der Waals surface area (Å²) in [7, 11) is 7.71. The molecule has 108 valence electrons. The quantitative estimate of drug-likeness (QED) is 0.646. The second-order valence-corrected chi connectivity index (χ2v) is 4.67. The van der Waals surface area contributed by atoms with Crippen molar-refractivity contribution in [2.24, 2.45) is 19.1 Å². The fourth-order valence-electron chi connectivity index (χ4n) is 2.00. The van der Waals surface area contributed by atoms with Gasteiger partial charge in [0.2, 0.25) is 0 Å². The fraction of sp³-hybridized carbons (Fsp3) is 0.462. The molecule has 0 radical (unpaired) electrons. The van der Waals surface area contributed by atoms with Crippen LogP contribution in [0.2, 0.25) is 0 Å². The molecular weight excluding hydrogens is 254 g/mol. The molecule has 20 heavy (non-hydrogen) atoms. The van der Waals surface area contributed by atoms with Gasteiger partial charge >= 0.3 is 0 Å². The van der Waals surface area contributed by atoms with Crippen molar-refractivity contribution >= 4 is 5.96 Å². The van der Waals surface area contributed by atoms with Crippen LogP contribution >= 0.6 is 0 Å². The number of guanidine groups is 1. The molecule has 0 saturated heterocycles. The first-order chi connectivity index (χ1) is 9.61. The van der Waals surface area contributed by atoms with Crippen LogP contribution in [-0.2, 0) is 27.2 Å². The highest BCUT2D eigenvalue weighted by Gasteiger charge is 2.09. The van der Waals surface area contributed by atoms with E-state index in [4.69, 9.17) is 0 Å². The third-order valence-corrected chi connectivity index (χ3v) is 3.23. The lowest BCUT2D eigenvalue weighted by molar-refractivity contribution is 0.459. The summed E-state index contributed by atoms with van der Waals surface area (Å²) in [6.07, 6.45) is 3.59. The van der Waals surface area contributed by atoms with Crippen molar-refractivity contribution in [1.29, 1.82) is 0 Å². The number of nitrogens with one attached hydrogen (secondary N) is 1. The second-order valence-electron chi connectivity index (χ2n) is 4.67. The molecule has 0 saturated carbocycles. The van der Waals surface area contributed by atoms with Gasteiger partial charge in [-0.2, -0.15) is 5.10 Å². The van der Waals surface area contributed by atoms with Crippen LogP contribution in [0.1, 0.15) is 11.5 Å². The maximum absolute atomic E-state index is 4.29. The Morgan fingerprint density at radius 3 is 2.80 bits per heavy atom. The molecule has 0 atom stereocenters. The fourth-order valence-corrected chi connectivity index (χ4v) is 2.00. The van der Waals surface area contributed by atoms with Crippen LogP contribution < -0.4 is 5.32 Å². The van der Waals surface area contributed by atoms with Crippen LogP contribution in [0.5, 0.6) is 0 Å². The molecule has 2 rings (SSSR count). The number of aromatic nitrogens is 4. The molecule has 7 heteroatoms. The van der Waals surface area contributed by atoms with E-state index in [1.54, 1.807) is 18.1 Å². The molecule has 1 N–H and O–H groups in total. The Hall–Kier alpha value is -2.31. The van der Waals surface area contributed by atoms with Crippen molar-refractivity contribution < 1.29 is 0 Å². The van der Waals surface area contributed by atoms with Crippen LogP contribution in [0.15, 0.2) is 29.6 Å². The number of hydrogen-bond acceptors (Lipinski definition) is 3. The Morgan fingerprint density at radius 1 is 1.45 bits per heavy atom. The largest absolute Gasteiger partial charge is 0.353 e. The first-order valence-electron chi connectivity index (χ1n) is 6.46. The Labute approximate surface area is 118 Å². The van der Waals surface area contributed by atoms with Crippen LogP contribution in [0, 0.1) is 0 Å². The van der Waals surface area contributed by atoms with Crippen LogP contribution in [0.3, 0.4) is 0 Å². The number of nitrogens with zero attached hydrogens (tertiary/aromatic N) is 6. The summed E-state index contributed by atoms with van der Waals surface area (Å²) < 4.78 is 3.85. The van der Waals surface area contributed by atoms with Gasteiger partial charge in [0.05, 0.1) is 13.1 Å². The van der Waals surface area contributed by atoms with Gasteiger partial charge < -0.3 is 14.8 Å². The Bertz CT molecular complexity index is 581. The molecule has 0 spiro atoms. The first kappa shape index (κ1) is 14.1. The average molecular weight is 275 g/mol. The van der Waals surface area contributed by atoms with E-state index in [1.165, 1.54) is 5.69 Å². The van der Waals surface area contributed by atoms with Gasteiger partial charge in [0.25, 0.3) is 0 Å². The highest BCUT2D eigenvalue weighted by Crippen LogP contribution is 2.03. The van der Waals surface area contributed by atoms with Gasteiger partial charge in [-0.05, 0) is 12.1 Å². The van der Waals surface area contributed by atoms with Gasteiger partial charge in [0.1, 0.15) is 12.2 Å². The smallest absolute Gasteiger partial charge is 0.194 e. The van der Waals surface area contributed by atoms with E-state index in [-0.39, 0.29) is 0 Å². The standard InChI is InChI=1S/C13H21N7/c1-14-13(15-8-12-16-10-17-20(12)4)19(3)9-11-6-5-7-18(11)2/h5-7,10H,8-9H2,1-4H3,(H,14,15). The van der Waals surface area contributed by atoms with Gasteiger partial charge in [0.15, 0.2) is 5.96 Å². The van der Waals surface area contributed by atoms with Gasteiger partial charge in [0, 0.05) is 40.1 Å². The minimum atomic E-state index is 0.598. The van der Waals surface area contributed by atoms with E-state index < -0.39 is 0 Å². The van der Waals surface area contributed by atoms with Crippen molar-refractivity contribution in [3.8, 4) is 0 Å². The van der Waals surface area contributed by atoms with Gasteiger partial charge in [-0.25, -0.2) is 4.98 Å². The molecule has 0 amide bonds. The summed E-state index contributed by atoms with van der Waals surface area (Å²) in [4.78, 5) is 10.6. The zero-order valence-electron chi connectivity index (χ0n) is 12.4. The molecule has 0 aliphatic rings. The van der Waals surface area contributed by atoms with Gasteiger partial charge in [-0.15, -0.1) is 0 Å². The number of aryl methyl sites for hydroxylation is 2. The van der Waals surface area contributed by atoms with E-state index >= 15 is 0 Å². The lowest BCUT2D eigenvalue weighted by Gasteiger charge is -2.22. The van der Waals surface area contributed by atoms with E-state index in [1.807, 2.05) is 33.4 Å². The highest BCUT2D eigenvalue weighted by atomic mass is 15.3. The van der Waals surface area contributed by atoms with Gasteiger partial charge in [-0.3, -0.25) is 9.67 Å². The third kappa shape index (κ3) is 3.17. The van der Waals surface area contributed by atoms with E-state index in [9.17, 15) is 0 Å². The highest BCUT2D eigenvalue weighted by molar-refractivity contribution is 5.79.